The van der Waals surface area contributed by atoms with Crippen molar-refractivity contribution in [3.8, 4) is 31.7 Å². The largest absolute Gasteiger partial charge is 0.363 e. The second-order valence-corrected chi connectivity index (χ2v) is 7.70. The maximum Gasteiger partial charge on any atom is 0.145 e. The molecule has 4 heterocycles. The first-order chi connectivity index (χ1) is 12.8. The normalized spacial score (nSPS) is 11.3. The molecule has 126 valence electrons. The third-order valence-electron chi connectivity index (χ3n) is 4.09. The van der Waals surface area contributed by atoms with Crippen molar-refractivity contribution in [1.29, 1.82) is 0 Å². The summed E-state index contributed by atoms with van der Waals surface area (Å²) in [6, 6.07) is 14.1. The molecule has 0 aliphatic heterocycles. The number of hydrogen-bond acceptors (Lipinski definition) is 7. The maximum absolute atomic E-state index is 5.26. The van der Waals surface area contributed by atoms with Crippen LogP contribution in [0.4, 0.5) is 0 Å². The van der Waals surface area contributed by atoms with Gasteiger partial charge in [0.15, 0.2) is 0 Å². The van der Waals surface area contributed by atoms with E-state index >= 15 is 0 Å². The lowest BCUT2D eigenvalue weighted by molar-refractivity contribution is 0.428. The Labute approximate surface area is 157 Å². The van der Waals surface area contributed by atoms with E-state index in [1.165, 1.54) is 0 Å². The molecule has 26 heavy (non-hydrogen) atoms. The standard InChI is InChI=1S/C19H12N4OS2/c1-11-18(26-19(20-11)12-6-3-2-4-7-12)16-13-10-24-23-15(13)17(22-21-16)14-8-5-9-25-14/h2-10H,1H3. The van der Waals surface area contributed by atoms with Gasteiger partial charge in [0.2, 0.25) is 0 Å². The van der Waals surface area contributed by atoms with Gasteiger partial charge in [-0.1, -0.05) is 41.6 Å². The van der Waals surface area contributed by atoms with Gasteiger partial charge in [0.1, 0.15) is 28.2 Å². The number of aryl methyl sites for hydroxylation is 1. The minimum absolute atomic E-state index is 0.728. The average molecular weight is 376 g/mol. The predicted octanol–water partition coefficient (Wildman–Crippen LogP) is 5.45. The fourth-order valence-corrected chi connectivity index (χ4v) is 4.62. The molecule has 0 saturated carbocycles. The van der Waals surface area contributed by atoms with E-state index in [0.29, 0.717) is 0 Å². The van der Waals surface area contributed by atoms with Crippen molar-refractivity contribution in [3.05, 3.63) is 59.8 Å². The maximum atomic E-state index is 5.26. The first-order valence-corrected chi connectivity index (χ1v) is 9.69. The molecule has 0 aliphatic carbocycles. The van der Waals surface area contributed by atoms with Crippen LogP contribution in [-0.2, 0) is 0 Å². The Morgan fingerprint density at radius 3 is 2.62 bits per heavy atom. The zero-order valence-corrected chi connectivity index (χ0v) is 15.3. The number of hydrogen-bond donors (Lipinski definition) is 0. The number of aromatic nitrogens is 4. The van der Waals surface area contributed by atoms with Gasteiger partial charge in [-0.05, 0) is 18.4 Å². The number of nitrogens with zero attached hydrogens (tertiary/aromatic N) is 4. The number of benzene rings is 1. The molecule has 7 heteroatoms. The molecule has 4 aromatic heterocycles. The van der Waals surface area contributed by atoms with Crippen molar-refractivity contribution in [2.24, 2.45) is 0 Å². The van der Waals surface area contributed by atoms with E-state index in [4.69, 9.17) is 9.51 Å². The van der Waals surface area contributed by atoms with Crippen LogP contribution in [0.5, 0.6) is 0 Å². The second-order valence-electron chi connectivity index (χ2n) is 5.75. The van der Waals surface area contributed by atoms with Crippen LogP contribution < -0.4 is 0 Å². The highest BCUT2D eigenvalue weighted by Gasteiger charge is 2.20. The van der Waals surface area contributed by atoms with E-state index in [1.54, 1.807) is 28.9 Å². The third kappa shape index (κ3) is 2.44. The van der Waals surface area contributed by atoms with Crippen LogP contribution in [-0.4, -0.2) is 20.3 Å². The molecular formula is C19H12N4OS2. The highest BCUT2D eigenvalue weighted by molar-refractivity contribution is 7.18. The molecule has 0 unspecified atom stereocenters. The summed E-state index contributed by atoms with van der Waals surface area (Å²) in [6.07, 6.45) is 1.64. The van der Waals surface area contributed by atoms with Gasteiger partial charge in [-0.15, -0.1) is 32.9 Å². The monoisotopic (exact) mass is 376 g/mol. The zero-order valence-electron chi connectivity index (χ0n) is 13.7. The van der Waals surface area contributed by atoms with E-state index in [-0.39, 0.29) is 0 Å². The van der Waals surface area contributed by atoms with Crippen LogP contribution in [0.2, 0.25) is 0 Å². The van der Waals surface area contributed by atoms with E-state index in [9.17, 15) is 0 Å². The van der Waals surface area contributed by atoms with Crippen molar-refractivity contribution in [2.45, 2.75) is 6.92 Å². The summed E-state index contributed by atoms with van der Waals surface area (Å²) in [7, 11) is 0. The smallest absolute Gasteiger partial charge is 0.145 e. The SMILES string of the molecule is Cc1nc(-c2ccccc2)sc1-c1nnc(-c2cccs2)c2nocc12. The van der Waals surface area contributed by atoms with Gasteiger partial charge in [-0.3, -0.25) is 0 Å². The number of thiazole rings is 1. The Bertz CT molecular complexity index is 1190. The van der Waals surface area contributed by atoms with Crippen LogP contribution in [0, 0.1) is 6.92 Å². The van der Waals surface area contributed by atoms with Crippen LogP contribution in [0.25, 0.3) is 42.6 Å². The summed E-state index contributed by atoms with van der Waals surface area (Å²) in [5, 5.41) is 16.9. The summed E-state index contributed by atoms with van der Waals surface area (Å²) in [6.45, 7) is 1.99. The van der Waals surface area contributed by atoms with Gasteiger partial charge in [0.05, 0.1) is 20.8 Å². The molecule has 0 N–H and O–H groups in total. The van der Waals surface area contributed by atoms with Crippen LogP contribution in [0.3, 0.4) is 0 Å². The van der Waals surface area contributed by atoms with Gasteiger partial charge in [0.25, 0.3) is 0 Å². The molecule has 0 atom stereocenters. The predicted molar refractivity (Wildman–Crippen MR) is 104 cm³/mol. The lowest BCUT2D eigenvalue weighted by Gasteiger charge is -2.01. The molecule has 5 nitrogen and oxygen atoms in total. The summed E-state index contributed by atoms with van der Waals surface area (Å²) in [5.41, 5.74) is 4.26. The molecular weight excluding hydrogens is 364 g/mol. The second kappa shape index (κ2) is 6.12. The van der Waals surface area contributed by atoms with Crippen molar-refractivity contribution in [2.75, 3.05) is 0 Å². The quantitative estimate of drug-likeness (QED) is 0.419. The lowest BCUT2D eigenvalue weighted by atomic mass is 10.2. The Hall–Kier alpha value is -2.90. The van der Waals surface area contributed by atoms with Crippen molar-refractivity contribution >= 4 is 33.6 Å². The number of thiophene rings is 1. The van der Waals surface area contributed by atoms with Crippen molar-refractivity contribution in [1.82, 2.24) is 20.3 Å². The molecule has 5 aromatic rings. The van der Waals surface area contributed by atoms with E-state index in [0.717, 1.165) is 48.3 Å². The van der Waals surface area contributed by atoms with E-state index < -0.39 is 0 Å². The van der Waals surface area contributed by atoms with Crippen LogP contribution in [0.1, 0.15) is 5.69 Å². The summed E-state index contributed by atoms with van der Waals surface area (Å²) in [5.74, 6) is 0. The average Bonchev–Trinajstić information content (AvgIpc) is 3.42. The molecule has 0 radical (unpaired) electrons. The van der Waals surface area contributed by atoms with Gasteiger partial charge in [-0.25, -0.2) is 4.98 Å². The zero-order chi connectivity index (χ0) is 17.5. The first kappa shape index (κ1) is 15.4. The summed E-state index contributed by atoms with van der Waals surface area (Å²) in [4.78, 5) is 6.73. The Balaban J connectivity index is 1.68. The highest BCUT2D eigenvalue weighted by Crippen LogP contribution is 2.39. The Morgan fingerprint density at radius 1 is 0.962 bits per heavy atom. The van der Waals surface area contributed by atoms with Gasteiger partial charge in [0, 0.05) is 5.56 Å². The van der Waals surface area contributed by atoms with Crippen LogP contribution in [0.15, 0.2) is 58.6 Å². The molecule has 5 rings (SSSR count). The topological polar surface area (TPSA) is 64.7 Å². The van der Waals surface area contributed by atoms with Crippen molar-refractivity contribution in [3.63, 3.8) is 0 Å². The highest BCUT2D eigenvalue weighted by atomic mass is 32.1. The van der Waals surface area contributed by atoms with Crippen molar-refractivity contribution < 1.29 is 4.52 Å². The van der Waals surface area contributed by atoms with Crippen LogP contribution >= 0.6 is 22.7 Å². The fourth-order valence-electron chi connectivity index (χ4n) is 2.84. The van der Waals surface area contributed by atoms with Gasteiger partial charge >= 0.3 is 0 Å². The fraction of sp³-hybridized carbons (Fsp3) is 0.0526. The minimum Gasteiger partial charge on any atom is -0.363 e. The molecule has 0 fully saturated rings. The molecule has 0 saturated heterocycles. The molecule has 0 bridgehead atoms. The number of rotatable bonds is 3. The first-order valence-electron chi connectivity index (χ1n) is 7.99. The molecule has 1 aromatic carbocycles. The third-order valence-corrected chi connectivity index (χ3v) is 6.18. The summed E-state index contributed by atoms with van der Waals surface area (Å²) >= 11 is 3.21. The number of fused-ring (bicyclic) bond motifs is 1. The lowest BCUT2D eigenvalue weighted by Crippen LogP contribution is -1.92. The summed E-state index contributed by atoms with van der Waals surface area (Å²) < 4.78 is 5.26. The molecule has 0 aliphatic rings. The molecule has 0 spiro atoms. The van der Waals surface area contributed by atoms with E-state index in [2.05, 4.69) is 27.5 Å². The molecule has 0 amide bonds. The van der Waals surface area contributed by atoms with Gasteiger partial charge < -0.3 is 4.52 Å². The minimum atomic E-state index is 0.728. The Kier molecular flexibility index (Phi) is 3.62. The van der Waals surface area contributed by atoms with E-state index in [1.807, 2.05) is 42.6 Å². The Morgan fingerprint density at radius 2 is 1.81 bits per heavy atom. The van der Waals surface area contributed by atoms with Gasteiger partial charge in [-0.2, -0.15) is 0 Å².